The van der Waals surface area contributed by atoms with E-state index in [2.05, 4.69) is 369 Å². The highest BCUT2D eigenvalue weighted by molar-refractivity contribution is 5.91. The summed E-state index contributed by atoms with van der Waals surface area (Å²) in [7, 11) is 16.7. The van der Waals surface area contributed by atoms with Crippen LogP contribution in [0.25, 0.3) is 22.3 Å². The number of ether oxygens (including phenoxy) is 11. The topological polar surface area (TPSA) is 118 Å². The third kappa shape index (κ3) is 27.4. The van der Waals surface area contributed by atoms with E-state index < -0.39 is 0 Å². The molecule has 736 valence electrons. The summed E-state index contributed by atoms with van der Waals surface area (Å²) in [6.45, 7) is 12.4. The number of para-hydroxylation sites is 6. The van der Waals surface area contributed by atoms with Crippen LogP contribution in [0, 0.1) is 41.5 Å². The van der Waals surface area contributed by atoms with Crippen molar-refractivity contribution in [1.82, 2.24) is 0 Å². The molecule has 16 nitrogen and oxygen atoms in total. The van der Waals surface area contributed by atoms with Crippen molar-refractivity contribution < 1.29 is 52.1 Å². The van der Waals surface area contributed by atoms with E-state index in [1.54, 1.807) is 71.1 Å². The number of benzene rings is 19. The van der Waals surface area contributed by atoms with E-state index in [1.807, 2.05) is 165 Å². The van der Waals surface area contributed by atoms with Crippen molar-refractivity contribution in [3.63, 3.8) is 0 Å². The van der Waals surface area contributed by atoms with Gasteiger partial charge in [-0.05, 0) is 318 Å². The van der Waals surface area contributed by atoms with Crippen molar-refractivity contribution in [2.24, 2.45) is 0 Å². The van der Waals surface area contributed by atoms with Gasteiger partial charge in [-0.25, -0.2) is 0 Å². The fraction of sp³-hybridized carbons (Fsp3) is 0.123. The molecule has 19 aromatic carbocycles. The number of nitrogens with zero attached hydrogens (tertiary/aromatic N) is 5. The molecule has 0 heterocycles. The molecule has 0 aromatic heterocycles. The number of hydrogen-bond acceptors (Lipinski definition) is 16. The third-order valence-electron chi connectivity index (χ3n) is 24.0. The van der Waals surface area contributed by atoms with Crippen LogP contribution in [-0.4, -0.2) is 71.1 Å². The molecule has 0 saturated carbocycles. The molecule has 0 aliphatic carbocycles. The first-order chi connectivity index (χ1) is 71.4. The molecule has 146 heavy (non-hydrogen) atoms. The van der Waals surface area contributed by atoms with Gasteiger partial charge in [-0.15, -0.1) is 0 Å². The molecule has 0 spiro atoms. The lowest BCUT2D eigenvalue weighted by Crippen LogP contribution is -2.15. The second-order valence-electron chi connectivity index (χ2n) is 34.1. The molecule has 0 atom stereocenters. The minimum atomic E-state index is 0.635. The van der Waals surface area contributed by atoms with E-state index in [4.69, 9.17) is 52.1 Å². The predicted octanol–water partition coefficient (Wildman–Crippen LogP) is 34.5. The maximum Gasteiger partial charge on any atom is 0.203 e. The maximum absolute atomic E-state index is 6.20. The molecule has 19 aromatic rings. The van der Waals surface area contributed by atoms with E-state index >= 15 is 0 Å². The van der Waals surface area contributed by atoms with Crippen LogP contribution in [0.2, 0.25) is 0 Å². The van der Waals surface area contributed by atoms with Crippen LogP contribution in [0.3, 0.4) is 0 Å². The first kappa shape index (κ1) is 104. The summed E-state index contributed by atoms with van der Waals surface area (Å²) in [5.74, 6) is 9.53. The molecule has 0 radical (unpaired) electrons. The number of rotatable bonds is 29. The van der Waals surface area contributed by atoms with Crippen LogP contribution >= 0.6 is 0 Å². The van der Waals surface area contributed by atoms with Gasteiger partial charge in [-0.2, -0.15) is 0 Å². The molecular formula is C130H125N5O11. The molecule has 0 N–H and O–H groups in total. The van der Waals surface area contributed by atoms with Gasteiger partial charge in [0.05, 0.1) is 82.5 Å². The lowest BCUT2D eigenvalue weighted by atomic mass is 9.98. The highest BCUT2D eigenvalue weighted by atomic mass is 16.5. The second kappa shape index (κ2) is 52.5. The Hall–Kier alpha value is -18.0. The Morgan fingerprint density at radius 1 is 0.144 bits per heavy atom. The number of hydrogen-bond donors (Lipinski definition) is 0. The van der Waals surface area contributed by atoms with Crippen molar-refractivity contribution in [1.29, 1.82) is 0 Å². The van der Waals surface area contributed by atoms with Gasteiger partial charge in [-0.3, -0.25) is 0 Å². The van der Waals surface area contributed by atoms with Crippen LogP contribution in [0.5, 0.6) is 69.0 Å². The summed E-state index contributed by atoms with van der Waals surface area (Å²) in [4.78, 5) is 11.1. The zero-order chi connectivity index (χ0) is 102. The van der Waals surface area contributed by atoms with Gasteiger partial charge >= 0.3 is 0 Å². The normalized spacial score (nSPS) is 10.3. The molecule has 0 unspecified atom stereocenters. The Morgan fingerprint density at radius 2 is 0.397 bits per heavy atom. The minimum Gasteiger partial charge on any atom is -0.497 e. The van der Waals surface area contributed by atoms with Crippen molar-refractivity contribution in [3.8, 4) is 91.2 Å². The standard InChI is InChI=1S/C32H28N2O.C25H21NO.2C21H21NO2.C21H20O2.C10H14O3/c1-25-23-30(33(26-15-7-3-8-16-26)27-17-9-4-10-18-27)32(35-2)31(24-25)34(28-19-11-5-12-20-28)29-21-13-6-14-22-29;1-20-12-16-24(17-13-20)27-25-18-14-23(15-19-25)26(21-8-4-2-5-9-21)22-10-6-3-7-11-22;1-16-4-6-17(7-5-16)22(18-8-12-20(23-2)13-9-18)19-10-14-21(24-3)15-11-19;1-16-10-12-17(13-11-16)22(18-6-4-8-20(14-18)23-2)19-7-5-9-21(15-19)24-3;1-15-9-11-18(20(13-15)22-2)19-12-10-17(14-21(19)23-3)16-7-5-4-6-8-16;1-7-5-8(11-2)10(13-4)9(6-7)12-3/h3-24H,1-2H3;2-19H,1H3;2*4-15H,1-3H3;4-14H,1-3H3;5-6H,1-4H3. The van der Waals surface area contributed by atoms with Gasteiger partial charge in [-0.1, -0.05) is 223 Å². The summed E-state index contributed by atoms with van der Waals surface area (Å²) < 4.78 is 60.1. The molecule has 0 bridgehead atoms. The zero-order valence-corrected chi connectivity index (χ0v) is 85.7. The van der Waals surface area contributed by atoms with Crippen molar-refractivity contribution in [2.45, 2.75) is 41.5 Å². The largest absolute Gasteiger partial charge is 0.497 e. The average Bonchev–Trinajstić information content (AvgIpc) is 0.761. The van der Waals surface area contributed by atoms with E-state index in [-0.39, 0.29) is 0 Å². The summed E-state index contributed by atoms with van der Waals surface area (Å²) >= 11 is 0. The summed E-state index contributed by atoms with van der Waals surface area (Å²) in [5, 5.41) is 0. The quantitative estimate of drug-likeness (QED) is 0.0442. The smallest absolute Gasteiger partial charge is 0.203 e. The van der Waals surface area contributed by atoms with Crippen molar-refractivity contribution in [2.75, 3.05) is 95.6 Å². The summed E-state index contributed by atoms with van der Waals surface area (Å²) in [6, 6.07) is 159. The lowest BCUT2D eigenvalue weighted by molar-refractivity contribution is 0.324. The Balaban J connectivity index is 0.000000141. The van der Waals surface area contributed by atoms with Crippen LogP contribution in [0.1, 0.15) is 33.4 Å². The SMILES string of the molecule is COc1c(N(c2ccccc2)c2ccccc2)cc(C)cc1N(c1ccccc1)c1ccccc1.COc1cc(C)cc(OC)c1OC.COc1cc(C)ccc1-c1ccc(-c2ccccc2)cc1OC.COc1ccc(N(c2ccc(C)cc2)c2ccc(OC)cc2)cc1.COc1cccc(N(c2ccc(C)cc2)c2cccc(OC)c2)c1.Cc1ccc(Oc2ccc(N(c3ccccc3)c3ccccc3)cc2)cc1. The van der Waals surface area contributed by atoms with Gasteiger partial charge in [0.2, 0.25) is 5.75 Å². The fourth-order valence-corrected chi connectivity index (χ4v) is 16.6. The Bertz CT molecular complexity index is 6890. The van der Waals surface area contributed by atoms with E-state index in [0.29, 0.717) is 17.2 Å². The summed E-state index contributed by atoms with van der Waals surface area (Å²) in [6.07, 6.45) is 0. The fourth-order valence-electron chi connectivity index (χ4n) is 16.6. The highest BCUT2D eigenvalue weighted by Crippen LogP contribution is 2.51. The van der Waals surface area contributed by atoms with Gasteiger partial charge in [0.25, 0.3) is 0 Å². The highest BCUT2D eigenvalue weighted by Gasteiger charge is 2.26. The van der Waals surface area contributed by atoms with E-state index in [0.717, 1.165) is 165 Å². The first-order valence-electron chi connectivity index (χ1n) is 48.1. The van der Waals surface area contributed by atoms with Gasteiger partial charge in [0, 0.05) is 97.2 Å². The monoisotopic (exact) mass is 1930 g/mol. The zero-order valence-electron chi connectivity index (χ0n) is 85.7. The Kier molecular flexibility index (Phi) is 37.3. The minimum absolute atomic E-state index is 0.635. The van der Waals surface area contributed by atoms with E-state index in [9.17, 15) is 0 Å². The first-order valence-corrected chi connectivity index (χ1v) is 48.1. The number of anilines is 15. The molecule has 0 aliphatic heterocycles. The van der Waals surface area contributed by atoms with Crippen LogP contribution < -0.4 is 76.6 Å². The third-order valence-corrected chi connectivity index (χ3v) is 24.0. The Labute approximate surface area is 860 Å². The van der Waals surface area contributed by atoms with Crippen LogP contribution in [-0.2, 0) is 0 Å². The van der Waals surface area contributed by atoms with Crippen molar-refractivity contribution >= 4 is 85.3 Å². The molecule has 0 aliphatic rings. The molecule has 0 saturated heterocycles. The number of methoxy groups -OCH3 is 10. The van der Waals surface area contributed by atoms with E-state index in [1.165, 1.54) is 27.8 Å². The van der Waals surface area contributed by atoms with Gasteiger partial charge < -0.3 is 76.6 Å². The second-order valence-corrected chi connectivity index (χ2v) is 34.1. The Morgan fingerprint density at radius 3 is 0.726 bits per heavy atom. The predicted molar refractivity (Wildman–Crippen MR) is 603 cm³/mol. The molecule has 0 amide bonds. The molecule has 16 heteroatoms. The number of aryl methyl sites for hydroxylation is 6. The lowest BCUT2D eigenvalue weighted by Gasteiger charge is -2.32. The maximum atomic E-state index is 6.20. The van der Waals surface area contributed by atoms with Crippen molar-refractivity contribution in [3.05, 3.63) is 500 Å². The average molecular weight is 1930 g/mol. The van der Waals surface area contributed by atoms with Crippen LogP contribution in [0.4, 0.5) is 85.3 Å². The van der Waals surface area contributed by atoms with Crippen LogP contribution in [0.15, 0.2) is 467 Å². The van der Waals surface area contributed by atoms with Gasteiger partial charge in [0.15, 0.2) is 17.2 Å². The molecule has 0 fully saturated rings. The summed E-state index contributed by atoms with van der Waals surface area (Å²) in [5.41, 5.74) is 27.4. The molecule has 19 rings (SSSR count). The molecular weight excluding hydrogens is 1810 g/mol. The van der Waals surface area contributed by atoms with Gasteiger partial charge in [0.1, 0.15) is 46.0 Å².